The lowest BCUT2D eigenvalue weighted by atomic mass is 10.2. The van der Waals surface area contributed by atoms with Crippen molar-refractivity contribution in [2.24, 2.45) is 0 Å². The van der Waals surface area contributed by atoms with Crippen LogP contribution in [-0.2, 0) is 6.54 Å². The molecule has 0 unspecified atom stereocenters. The molecule has 4 rings (SSSR count). The van der Waals surface area contributed by atoms with E-state index in [1.165, 1.54) is 22.2 Å². The van der Waals surface area contributed by atoms with Gasteiger partial charge in [0.2, 0.25) is 5.16 Å². The molecule has 0 bridgehead atoms. The normalized spacial score (nSPS) is 11.8. The predicted molar refractivity (Wildman–Crippen MR) is 117 cm³/mol. The van der Waals surface area contributed by atoms with Crippen LogP contribution in [0, 0.1) is 13.8 Å². The molecule has 9 heteroatoms. The molecular weight excluding hydrogens is 408 g/mol. The summed E-state index contributed by atoms with van der Waals surface area (Å²) in [6.45, 7) is 11.3. The second-order valence-electron chi connectivity index (χ2n) is 6.42. The molecule has 0 aliphatic rings. The average molecular weight is 431 g/mol. The van der Waals surface area contributed by atoms with Gasteiger partial charge in [0.05, 0.1) is 11.4 Å². The van der Waals surface area contributed by atoms with Gasteiger partial charge >= 0.3 is 0 Å². The van der Waals surface area contributed by atoms with Gasteiger partial charge < -0.3 is 0 Å². The van der Waals surface area contributed by atoms with Crippen LogP contribution in [0.5, 0.6) is 0 Å². The molecule has 4 aromatic rings. The highest BCUT2D eigenvalue weighted by Crippen LogP contribution is 2.37. The minimum Gasteiger partial charge on any atom is -0.296 e. The fourth-order valence-electron chi connectivity index (χ4n) is 2.95. The Bertz CT molecular complexity index is 1080. The third-order valence-electron chi connectivity index (χ3n) is 4.71. The van der Waals surface area contributed by atoms with Gasteiger partial charge in [0.15, 0.2) is 5.82 Å². The summed E-state index contributed by atoms with van der Waals surface area (Å²) in [5, 5.41) is 12.2. The Hall–Kier alpha value is -1.81. The van der Waals surface area contributed by atoms with Crippen molar-refractivity contribution in [1.29, 1.82) is 0 Å². The van der Waals surface area contributed by atoms with E-state index >= 15 is 0 Å². The van der Waals surface area contributed by atoms with Crippen LogP contribution >= 0.6 is 34.4 Å². The quantitative estimate of drug-likeness (QED) is 0.409. The first-order valence-electron chi connectivity index (χ1n) is 9.22. The number of nitrogens with one attached hydrogen (secondary N) is 1. The van der Waals surface area contributed by atoms with E-state index in [0.717, 1.165) is 51.4 Å². The molecule has 0 fully saturated rings. The van der Waals surface area contributed by atoms with Crippen molar-refractivity contribution in [3.8, 4) is 10.7 Å². The van der Waals surface area contributed by atoms with Crippen molar-refractivity contribution in [3.05, 3.63) is 33.8 Å². The second kappa shape index (κ2) is 8.28. The largest absolute Gasteiger partial charge is 0.296 e. The summed E-state index contributed by atoms with van der Waals surface area (Å²) in [5.41, 5.74) is 1.24. The van der Waals surface area contributed by atoms with Crippen LogP contribution < -0.4 is 0 Å². The minimum absolute atomic E-state index is 0.681. The van der Waals surface area contributed by atoms with Gasteiger partial charge in [-0.05, 0) is 55.7 Å². The highest BCUT2D eigenvalue weighted by Gasteiger charge is 2.18. The number of aromatic nitrogens is 5. The van der Waals surface area contributed by atoms with E-state index in [1.807, 2.05) is 17.5 Å². The van der Waals surface area contributed by atoms with E-state index in [0.29, 0.717) is 5.16 Å². The summed E-state index contributed by atoms with van der Waals surface area (Å²) in [6, 6.07) is 4.05. The number of hydrogen-bond acceptors (Lipinski definition) is 8. The fraction of sp³-hybridized carbons (Fsp3) is 0.368. The highest BCUT2D eigenvalue weighted by molar-refractivity contribution is 7.99. The second-order valence-corrected chi connectivity index (χ2v) is 9.52. The maximum absolute atomic E-state index is 4.90. The van der Waals surface area contributed by atoms with Gasteiger partial charge in [0.25, 0.3) is 0 Å². The Morgan fingerprint density at radius 3 is 2.68 bits per heavy atom. The van der Waals surface area contributed by atoms with Gasteiger partial charge in [0, 0.05) is 10.3 Å². The van der Waals surface area contributed by atoms with Crippen LogP contribution in [0.4, 0.5) is 0 Å². The highest BCUT2D eigenvalue weighted by atomic mass is 32.2. The van der Waals surface area contributed by atoms with Gasteiger partial charge in [0.1, 0.15) is 15.7 Å². The third kappa shape index (κ3) is 3.84. The molecule has 0 spiro atoms. The Kier molecular flexibility index (Phi) is 5.77. The predicted octanol–water partition coefficient (Wildman–Crippen LogP) is 5.15. The van der Waals surface area contributed by atoms with Gasteiger partial charge in [-0.25, -0.2) is 15.0 Å². The lowest BCUT2D eigenvalue weighted by Crippen LogP contribution is -2.23. The molecule has 4 aromatic heterocycles. The zero-order chi connectivity index (χ0) is 19.7. The van der Waals surface area contributed by atoms with Crippen molar-refractivity contribution in [2.45, 2.75) is 44.4 Å². The maximum Gasteiger partial charge on any atom is 0.215 e. The zero-order valence-electron chi connectivity index (χ0n) is 16.3. The molecule has 0 atom stereocenters. The van der Waals surface area contributed by atoms with Gasteiger partial charge in [-0.1, -0.05) is 19.9 Å². The molecule has 1 N–H and O–H groups in total. The molecular formula is C19H22N6S3. The molecule has 0 amide bonds. The smallest absolute Gasteiger partial charge is 0.215 e. The Labute approximate surface area is 176 Å². The number of hydrogen-bond donors (Lipinski definition) is 1. The van der Waals surface area contributed by atoms with Crippen molar-refractivity contribution >= 4 is 44.7 Å². The lowest BCUT2D eigenvalue weighted by molar-refractivity contribution is 0.288. The fourth-order valence-corrected chi connectivity index (χ4v) is 5.63. The van der Waals surface area contributed by atoms with Crippen molar-refractivity contribution in [3.63, 3.8) is 0 Å². The summed E-state index contributed by atoms with van der Waals surface area (Å²) in [5.74, 6) is 1.65. The van der Waals surface area contributed by atoms with E-state index in [2.05, 4.69) is 47.8 Å². The van der Waals surface area contributed by atoms with Crippen LogP contribution in [0.15, 0.2) is 27.7 Å². The summed E-state index contributed by atoms with van der Waals surface area (Å²) < 4.78 is 0. The topological polar surface area (TPSA) is 70.6 Å². The van der Waals surface area contributed by atoms with E-state index in [4.69, 9.17) is 9.97 Å². The summed E-state index contributed by atoms with van der Waals surface area (Å²) >= 11 is 4.89. The van der Waals surface area contributed by atoms with Crippen LogP contribution in [0.1, 0.15) is 30.1 Å². The standard InChI is InChI=1S/C19H22N6S3/c1-5-25(6-2)10-14-20-17-15(11(3)12(4)27-17)18(21-14)28-19-22-16(23-24-19)13-8-7-9-26-13/h7-9H,5-6,10H2,1-4H3,(H,22,23,24). The van der Waals surface area contributed by atoms with E-state index in [-0.39, 0.29) is 0 Å². The summed E-state index contributed by atoms with van der Waals surface area (Å²) in [7, 11) is 0. The summed E-state index contributed by atoms with van der Waals surface area (Å²) in [6.07, 6.45) is 0. The maximum atomic E-state index is 4.90. The molecule has 0 radical (unpaired) electrons. The SMILES string of the molecule is CCN(CC)Cc1nc(Sc2n[nH]c(-c3cccs3)n2)c2c(C)c(C)sc2n1. The monoisotopic (exact) mass is 430 g/mol. The van der Waals surface area contributed by atoms with Crippen LogP contribution in [0.3, 0.4) is 0 Å². The van der Waals surface area contributed by atoms with Crippen molar-refractivity contribution in [2.75, 3.05) is 13.1 Å². The van der Waals surface area contributed by atoms with Crippen LogP contribution in [-0.4, -0.2) is 43.1 Å². The zero-order valence-corrected chi connectivity index (χ0v) is 18.8. The van der Waals surface area contributed by atoms with E-state index in [1.54, 1.807) is 22.7 Å². The number of H-pyrrole nitrogens is 1. The molecule has 0 saturated heterocycles. The average Bonchev–Trinajstić information content (AvgIpc) is 3.41. The molecule has 0 aliphatic carbocycles. The minimum atomic E-state index is 0.681. The van der Waals surface area contributed by atoms with Gasteiger partial charge in [-0.2, -0.15) is 0 Å². The number of aryl methyl sites for hydroxylation is 2. The van der Waals surface area contributed by atoms with E-state index < -0.39 is 0 Å². The first-order chi connectivity index (χ1) is 13.6. The first-order valence-corrected chi connectivity index (χ1v) is 11.7. The first kappa shape index (κ1) is 19.5. The number of aromatic amines is 1. The Morgan fingerprint density at radius 2 is 1.96 bits per heavy atom. The molecule has 146 valence electrons. The van der Waals surface area contributed by atoms with Crippen LogP contribution in [0.25, 0.3) is 20.9 Å². The molecule has 6 nitrogen and oxygen atoms in total. The molecule has 0 aliphatic heterocycles. The van der Waals surface area contributed by atoms with Crippen molar-refractivity contribution < 1.29 is 0 Å². The number of fused-ring (bicyclic) bond motifs is 1. The molecule has 4 heterocycles. The number of nitrogens with zero attached hydrogens (tertiary/aromatic N) is 5. The number of thiophene rings is 2. The Balaban J connectivity index is 1.72. The summed E-state index contributed by atoms with van der Waals surface area (Å²) in [4.78, 5) is 20.1. The molecule has 28 heavy (non-hydrogen) atoms. The molecule has 0 saturated carbocycles. The third-order valence-corrected chi connectivity index (χ3v) is 7.54. The van der Waals surface area contributed by atoms with Crippen molar-refractivity contribution in [1.82, 2.24) is 30.0 Å². The van der Waals surface area contributed by atoms with Gasteiger partial charge in [-0.3, -0.25) is 10.00 Å². The molecule has 0 aromatic carbocycles. The Morgan fingerprint density at radius 1 is 1.14 bits per heavy atom. The lowest BCUT2D eigenvalue weighted by Gasteiger charge is -2.17. The van der Waals surface area contributed by atoms with Gasteiger partial charge in [-0.15, -0.1) is 27.8 Å². The van der Waals surface area contributed by atoms with E-state index in [9.17, 15) is 0 Å². The van der Waals surface area contributed by atoms with Crippen LogP contribution in [0.2, 0.25) is 0 Å². The number of rotatable bonds is 7.